The van der Waals surface area contributed by atoms with Gasteiger partial charge in [-0.2, -0.15) is 0 Å². The van der Waals surface area contributed by atoms with Gasteiger partial charge in [-0.25, -0.2) is 0 Å². The van der Waals surface area contributed by atoms with Crippen molar-refractivity contribution in [1.82, 2.24) is 14.8 Å². The molecule has 1 fully saturated rings. The molecule has 1 unspecified atom stereocenters. The van der Waals surface area contributed by atoms with E-state index in [1.54, 1.807) is 23.9 Å². The predicted octanol–water partition coefficient (Wildman–Crippen LogP) is 4.17. The van der Waals surface area contributed by atoms with Gasteiger partial charge in [-0.15, -0.1) is 10.2 Å². The summed E-state index contributed by atoms with van der Waals surface area (Å²) in [5.41, 5.74) is 3.12. The zero-order chi connectivity index (χ0) is 21.1. The van der Waals surface area contributed by atoms with E-state index >= 15 is 0 Å². The Labute approximate surface area is 179 Å². The monoisotopic (exact) mass is 425 g/mol. The van der Waals surface area contributed by atoms with Gasteiger partial charge in [-0.1, -0.05) is 42.1 Å². The van der Waals surface area contributed by atoms with Gasteiger partial charge < -0.3 is 9.64 Å². The van der Waals surface area contributed by atoms with Crippen molar-refractivity contribution in [2.75, 3.05) is 31.2 Å². The van der Waals surface area contributed by atoms with E-state index < -0.39 is 0 Å². The van der Waals surface area contributed by atoms with Crippen molar-refractivity contribution in [3.8, 4) is 5.69 Å². The highest BCUT2D eigenvalue weighted by atomic mass is 32.2. The van der Waals surface area contributed by atoms with Crippen LogP contribution in [0.1, 0.15) is 23.3 Å². The van der Waals surface area contributed by atoms with Crippen molar-refractivity contribution >= 4 is 23.4 Å². The molecule has 0 bridgehead atoms. The molecule has 1 aliphatic rings. The molecule has 4 rings (SSSR count). The van der Waals surface area contributed by atoms with Crippen molar-refractivity contribution in [2.45, 2.75) is 24.3 Å². The highest BCUT2D eigenvalue weighted by molar-refractivity contribution is 7.99. The average Bonchev–Trinajstić information content (AvgIpc) is 3.18. The van der Waals surface area contributed by atoms with E-state index in [0.29, 0.717) is 13.2 Å². The molecule has 2 aromatic carbocycles. The Hall–Kier alpha value is -2.91. The maximum absolute atomic E-state index is 11.1. The normalized spacial score (nSPS) is 15.2. The van der Waals surface area contributed by atoms with Crippen molar-refractivity contribution in [1.29, 1.82) is 0 Å². The minimum absolute atomic E-state index is 0.0330. The molecule has 0 aliphatic carbocycles. The number of benzene rings is 2. The summed E-state index contributed by atoms with van der Waals surface area (Å²) in [6, 6.07) is 14.9. The van der Waals surface area contributed by atoms with Crippen LogP contribution in [-0.2, 0) is 4.74 Å². The Kier molecular flexibility index (Phi) is 6.01. The number of morpholine rings is 1. The lowest BCUT2D eigenvalue weighted by molar-refractivity contribution is -0.384. The molecule has 0 N–H and O–H groups in total. The highest BCUT2D eigenvalue weighted by Gasteiger charge is 2.24. The first-order valence-electron chi connectivity index (χ1n) is 9.79. The van der Waals surface area contributed by atoms with E-state index in [1.807, 2.05) is 25.1 Å². The molecule has 156 valence electrons. The summed E-state index contributed by atoms with van der Waals surface area (Å²) in [6.45, 7) is 6.93. The number of aromatic nitrogens is 3. The van der Waals surface area contributed by atoms with Gasteiger partial charge in [0.15, 0.2) is 5.16 Å². The molecule has 1 saturated heterocycles. The number of ether oxygens (including phenoxy) is 1. The molecule has 1 aromatic heterocycles. The van der Waals surface area contributed by atoms with E-state index in [-0.39, 0.29) is 15.9 Å². The third kappa shape index (κ3) is 4.17. The van der Waals surface area contributed by atoms with Crippen molar-refractivity contribution in [3.05, 3.63) is 69.8 Å². The van der Waals surface area contributed by atoms with E-state index in [4.69, 9.17) is 4.74 Å². The topological polar surface area (TPSA) is 86.3 Å². The number of rotatable bonds is 6. The molecule has 9 heteroatoms. The number of anilines is 1. The third-order valence-electron chi connectivity index (χ3n) is 5.10. The molecule has 0 amide bonds. The lowest BCUT2D eigenvalue weighted by atomic mass is 10.1. The van der Waals surface area contributed by atoms with Crippen molar-refractivity contribution in [2.24, 2.45) is 0 Å². The Bertz CT molecular complexity index is 1050. The highest BCUT2D eigenvalue weighted by Crippen LogP contribution is 2.38. The molecular weight excluding hydrogens is 402 g/mol. The Morgan fingerprint density at radius 2 is 1.90 bits per heavy atom. The van der Waals surface area contributed by atoms with Gasteiger partial charge in [0.1, 0.15) is 0 Å². The summed E-state index contributed by atoms with van der Waals surface area (Å²) in [4.78, 5) is 13.0. The number of hydrogen-bond donors (Lipinski definition) is 0. The molecule has 0 spiro atoms. The summed E-state index contributed by atoms with van der Waals surface area (Å²) in [5, 5.41) is 20.9. The van der Waals surface area contributed by atoms with Crippen LogP contribution in [0.25, 0.3) is 5.69 Å². The second-order valence-corrected chi connectivity index (χ2v) is 8.42. The summed E-state index contributed by atoms with van der Waals surface area (Å²) < 4.78 is 7.57. The van der Waals surface area contributed by atoms with Gasteiger partial charge in [0.25, 0.3) is 5.69 Å². The molecule has 0 radical (unpaired) electrons. The van der Waals surface area contributed by atoms with Crippen LogP contribution in [0.5, 0.6) is 0 Å². The maximum Gasteiger partial charge on any atom is 0.269 e. The number of nitrogens with zero attached hydrogens (tertiary/aromatic N) is 5. The minimum atomic E-state index is -0.368. The standard InChI is InChI=1S/C21H23N5O3S/c1-15-6-3-4-9-19(15)25-20(24-10-12-29-13-11-24)22-23-21(25)30-16(2)17-7-5-8-18(14-17)26(27)28/h3-9,14,16H,10-13H2,1-2H3. The van der Waals surface area contributed by atoms with Crippen LogP contribution in [0.2, 0.25) is 0 Å². The molecule has 3 aromatic rings. The maximum atomic E-state index is 11.1. The largest absolute Gasteiger partial charge is 0.378 e. The molecule has 2 heterocycles. The van der Waals surface area contributed by atoms with E-state index in [0.717, 1.165) is 41.0 Å². The number of non-ortho nitro benzene ring substituents is 1. The van der Waals surface area contributed by atoms with Crippen LogP contribution in [-0.4, -0.2) is 46.0 Å². The van der Waals surface area contributed by atoms with Crippen LogP contribution in [0, 0.1) is 17.0 Å². The van der Waals surface area contributed by atoms with Crippen LogP contribution < -0.4 is 4.90 Å². The summed E-state index contributed by atoms with van der Waals surface area (Å²) in [6.07, 6.45) is 0. The fraction of sp³-hybridized carbons (Fsp3) is 0.333. The third-order valence-corrected chi connectivity index (χ3v) is 6.20. The van der Waals surface area contributed by atoms with Crippen LogP contribution >= 0.6 is 11.8 Å². The molecule has 1 atom stereocenters. The first-order valence-corrected chi connectivity index (χ1v) is 10.7. The van der Waals surface area contributed by atoms with E-state index in [2.05, 4.69) is 38.7 Å². The van der Waals surface area contributed by atoms with E-state index in [1.165, 1.54) is 6.07 Å². The number of para-hydroxylation sites is 1. The number of thioether (sulfide) groups is 1. The predicted molar refractivity (Wildman–Crippen MR) is 116 cm³/mol. The Morgan fingerprint density at radius 3 is 2.63 bits per heavy atom. The number of aryl methyl sites for hydroxylation is 1. The first kappa shape index (κ1) is 20.4. The van der Waals surface area contributed by atoms with Crippen LogP contribution in [0.4, 0.5) is 11.6 Å². The molecule has 30 heavy (non-hydrogen) atoms. The van der Waals surface area contributed by atoms with Gasteiger partial charge in [0.05, 0.1) is 23.8 Å². The van der Waals surface area contributed by atoms with Gasteiger partial charge in [0.2, 0.25) is 5.95 Å². The van der Waals surface area contributed by atoms with Gasteiger partial charge >= 0.3 is 0 Å². The smallest absolute Gasteiger partial charge is 0.269 e. The minimum Gasteiger partial charge on any atom is -0.378 e. The second-order valence-electron chi connectivity index (χ2n) is 7.12. The lowest BCUT2D eigenvalue weighted by Gasteiger charge is -2.28. The first-order chi connectivity index (χ1) is 14.5. The van der Waals surface area contributed by atoms with Gasteiger partial charge in [0, 0.05) is 30.5 Å². The van der Waals surface area contributed by atoms with Crippen molar-refractivity contribution < 1.29 is 9.66 Å². The fourth-order valence-corrected chi connectivity index (χ4v) is 4.42. The summed E-state index contributed by atoms with van der Waals surface area (Å²) in [5.74, 6) is 0.793. The van der Waals surface area contributed by atoms with Crippen LogP contribution in [0.15, 0.2) is 53.7 Å². The van der Waals surface area contributed by atoms with Crippen LogP contribution in [0.3, 0.4) is 0 Å². The average molecular weight is 426 g/mol. The molecule has 8 nitrogen and oxygen atoms in total. The Morgan fingerprint density at radius 1 is 1.13 bits per heavy atom. The molecule has 1 aliphatic heterocycles. The Balaban J connectivity index is 1.71. The lowest BCUT2D eigenvalue weighted by Crippen LogP contribution is -2.38. The quantitative estimate of drug-likeness (QED) is 0.333. The zero-order valence-electron chi connectivity index (χ0n) is 16.9. The zero-order valence-corrected chi connectivity index (χ0v) is 17.7. The SMILES string of the molecule is Cc1ccccc1-n1c(SC(C)c2cccc([N+](=O)[O-])c2)nnc1N1CCOCC1. The summed E-state index contributed by atoms with van der Waals surface area (Å²) in [7, 11) is 0. The van der Waals surface area contributed by atoms with Crippen molar-refractivity contribution in [3.63, 3.8) is 0 Å². The number of hydrogen-bond acceptors (Lipinski definition) is 7. The number of nitro groups is 1. The summed E-state index contributed by atoms with van der Waals surface area (Å²) >= 11 is 1.54. The van der Waals surface area contributed by atoms with Gasteiger partial charge in [-0.3, -0.25) is 14.7 Å². The van der Waals surface area contributed by atoms with Gasteiger partial charge in [-0.05, 0) is 31.0 Å². The molecular formula is C21H23N5O3S. The fourth-order valence-electron chi connectivity index (χ4n) is 3.45. The van der Waals surface area contributed by atoms with E-state index in [9.17, 15) is 10.1 Å². The molecule has 0 saturated carbocycles. The number of nitro benzene ring substituents is 1. The second kappa shape index (κ2) is 8.85.